The summed E-state index contributed by atoms with van der Waals surface area (Å²) >= 11 is 3.05. The highest BCUT2D eigenvalue weighted by Gasteiger charge is 2.09. The molecule has 0 aliphatic carbocycles. The molecule has 0 spiro atoms. The molecular formula is C15H14BrF2N. The second-order valence-electron chi connectivity index (χ2n) is 4.26. The zero-order chi connectivity index (χ0) is 13.7. The molecule has 0 aliphatic heterocycles. The fourth-order valence-corrected chi connectivity index (χ4v) is 2.26. The predicted octanol–water partition coefficient (Wildman–Crippen LogP) is 4.77. The van der Waals surface area contributed by atoms with Gasteiger partial charge in [0.2, 0.25) is 0 Å². The maximum atomic E-state index is 13.5. The van der Waals surface area contributed by atoms with Gasteiger partial charge in [0, 0.05) is 11.0 Å². The summed E-state index contributed by atoms with van der Waals surface area (Å²) in [6.07, 6.45) is 1.70. The third-order valence-corrected chi connectivity index (χ3v) is 3.25. The Morgan fingerprint density at radius 3 is 2.26 bits per heavy atom. The number of aryl methyl sites for hydroxylation is 1. The van der Waals surface area contributed by atoms with Crippen molar-refractivity contribution in [3.8, 4) is 0 Å². The van der Waals surface area contributed by atoms with Crippen LogP contribution in [0.3, 0.4) is 0 Å². The van der Waals surface area contributed by atoms with Crippen molar-refractivity contribution in [2.45, 2.75) is 12.8 Å². The first-order valence-electron chi connectivity index (χ1n) is 6.09. The maximum absolute atomic E-state index is 13.5. The normalized spacial score (nSPS) is 10.5. The van der Waals surface area contributed by atoms with Crippen LogP contribution in [0.1, 0.15) is 12.0 Å². The van der Waals surface area contributed by atoms with Crippen LogP contribution >= 0.6 is 15.9 Å². The van der Waals surface area contributed by atoms with E-state index in [0.717, 1.165) is 12.8 Å². The third kappa shape index (κ3) is 4.03. The molecule has 0 saturated heterocycles. The van der Waals surface area contributed by atoms with Gasteiger partial charge >= 0.3 is 0 Å². The fraction of sp³-hybridized carbons (Fsp3) is 0.200. The Balaban J connectivity index is 1.86. The van der Waals surface area contributed by atoms with Gasteiger partial charge in [0.15, 0.2) is 0 Å². The number of halogens is 3. The smallest absolute Gasteiger partial charge is 0.150 e. The molecule has 0 aromatic heterocycles. The second-order valence-corrected chi connectivity index (χ2v) is 5.18. The minimum atomic E-state index is -0.577. The van der Waals surface area contributed by atoms with Crippen molar-refractivity contribution in [1.82, 2.24) is 0 Å². The molecule has 1 nitrogen and oxygen atoms in total. The number of benzene rings is 2. The van der Waals surface area contributed by atoms with Gasteiger partial charge in [-0.05, 0) is 30.5 Å². The number of hydrogen-bond donors (Lipinski definition) is 1. The van der Waals surface area contributed by atoms with E-state index in [2.05, 4.69) is 21.2 Å². The van der Waals surface area contributed by atoms with Crippen molar-refractivity contribution in [1.29, 1.82) is 0 Å². The molecule has 2 aromatic rings. The average Bonchev–Trinajstić information content (AvgIpc) is 2.38. The molecule has 0 fully saturated rings. The molecule has 0 saturated carbocycles. The van der Waals surface area contributed by atoms with Gasteiger partial charge in [-0.25, -0.2) is 8.78 Å². The van der Waals surface area contributed by atoms with Crippen molar-refractivity contribution in [2.24, 2.45) is 0 Å². The molecule has 1 N–H and O–H groups in total. The Labute approximate surface area is 119 Å². The first-order valence-corrected chi connectivity index (χ1v) is 6.88. The van der Waals surface area contributed by atoms with Crippen LogP contribution in [0.2, 0.25) is 0 Å². The topological polar surface area (TPSA) is 12.0 Å². The molecule has 2 aromatic carbocycles. The Bertz CT molecular complexity index is 520. The molecule has 19 heavy (non-hydrogen) atoms. The molecule has 4 heteroatoms. The van der Waals surface area contributed by atoms with Crippen LogP contribution in [0.5, 0.6) is 0 Å². The molecule has 0 atom stereocenters. The maximum Gasteiger partial charge on any atom is 0.150 e. The molecule has 0 amide bonds. The van der Waals surface area contributed by atoms with Crippen LogP contribution in [0, 0.1) is 11.6 Å². The molecule has 0 unspecified atom stereocenters. The highest BCUT2D eigenvalue weighted by Crippen LogP contribution is 2.23. The summed E-state index contributed by atoms with van der Waals surface area (Å²) in [4.78, 5) is 0. The van der Waals surface area contributed by atoms with E-state index < -0.39 is 11.6 Å². The van der Waals surface area contributed by atoms with E-state index in [1.54, 1.807) is 0 Å². The Morgan fingerprint density at radius 1 is 1.00 bits per heavy atom. The summed E-state index contributed by atoms with van der Waals surface area (Å²) in [6.45, 7) is 0.532. The van der Waals surface area contributed by atoms with Crippen molar-refractivity contribution < 1.29 is 8.78 Å². The summed E-state index contributed by atoms with van der Waals surface area (Å²) in [5, 5.41) is 2.81. The van der Waals surface area contributed by atoms with E-state index in [-0.39, 0.29) is 5.69 Å². The average molecular weight is 326 g/mol. The Hall–Kier alpha value is -1.42. The van der Waals surface area contributed by atoms with Crippen LogP contribution < -0.4 is 5.32 Å². The second kappa shape index (κ2) is 6.66. The van der Waals surface area contributed by atoms with E-state index in [1.807, 2.05) is 30.3 Å². The molecule has 100 valence electrons. The SMILES string of the molecule is Fc1cc(Br)cc(F)c1NCCCc1ccccc1. The lowest BCUT2D eigenvalue weighted by Crippen LogP contribution is -2.06. The van der Waals surface area contributed by atoms with Crippen molar-refractivity contribution in [2.75, 3.05) is 11.9 Å². The van der Waals surface area contributed by atoms with Crippen molar-refractivity contribution >= 4 is 21.6 Å². The molecule has 2 rings (SSSR count). The van der Waals surface area contributed by atoms with Gasteiger partial charge in [-0.2, -0.15) is 0 Å². The number of rotatable bonds is 5. The minimum Gasteiger partial charge on any atom is -0.380 e. The molecular weight excluding hydrogens is 312 g/mol. The van der Waals surface area contributed by atoms with Gasteiger partial charge in [-0.15, -0.1) is 0 Å². The fourth-order valence-electron chi connectivity index (χ4n) is 1.86. The lowest BCUT2D eigenvalue weighted by atomic mass is 10.1. The molecule has 0 radical (unpaired) electrons. The summed E-state index contributed by atoms with van der Waals surface area (Å²) in [7, 11) is 0. The zero-order valence-corrected chi connectivity index (χ0v) is 11.9. The summed E-state index contributed by atoms with van der Waals surface area (Å²) < 4.78 is 27.5. The van der Waals surface area contributed by atoms with Crippen molar-refractivity contribution in [3.63, 3.8) is 0 Å². The minimum absolute atomic E-state index is 0.0590. The Morgan fingerprint density at radius 2 is 1.63 bits per heavy atom. The summed E-state index contributed by atoms with van der Waals surface area (Å²) in [6, 6.07) is 12.5. The summed E-state index contributed by atoms with van der Waals surface area (Å²) in [5.74, 6) is -1.15. The zero-order valence-electron chi connectivity index (χ0n) is 10.3. The highest BCUT2D eigenvalue weighted by molar-refractivity contribution is 9.10. The van der Waals surface area contributed by atoms with Gasteiger partial charge in [-0.3, -0.25) is 0 Å². The van der Waals surface area contributed by atoms with Gasteiger partial charge < -0.3 is 5.32 Å². The van der Waals surface area contributed by atoms with Crippen LogP contribution in [0.25, 0.3) is 0 Å². The number of nitrogens with one attached hydrogen (secondary N) is 1. The molecule has 0 aliphatic rings. The first kappa shape index (κ1) is 14.0. The standard InChI is InChI=1S/C15H14BrF2N/c16-12-9-13(17)15(14(18)10-12)19-8-4-7-11-5-2-1-3-6-11/h1-3,5-6,9-10,19H,4,7-8H2. The largest absolute Gasteiger partial charge is 0.380 e. The van der Waals surface area contributed by atoms with Crippen LogP contribution in [0.4, 0.5) is 14.5 Å². The monoisotopic (exact) mass is 325 g/mol. The van der Waals surface area contributed by atoms with Crippen LogP contribution in [0.15, 0.2) is 46.9 Å². The molecule has 0 bridgehead atoms. The first-order chi connectivity index (χ1) is 9.16. The van der Waals surface area contributed by atoms with E-state index in [4.69, 9.17) is 0 Å². The van der Waals surface area contributed by atoms with E-state index in [9.17, 15) is 8.78 Å². The van der Waals surface area contributed by atoms with E-state index in [1.165, 1.54) is 17.7 Å². The van der Waals surface area contributed by atoms with Gasteiger partial charge in [0.1, 0.15) is 17.3 Å². The van der Waals surface area contributed by atoms with Gasteiger partial charge in [-0.1, -0.05) is 46.3 Å². The van der Waals surface area contributed by atoms with Crippen LogP contribution in [-0.2, 0) is 6.42 Å². The number of anilines is 1. The van der Waals surface area contributed by atoms with Gasteiger partial charge in [0.05, 0.1) is 0 Å². The van der Waals surface area contributed by atoms with Crippen molar-refractivity contribution in [3.05, 3.63) is 64.1 Å². The molecule has 0 heterocycles. The number of hydrogen-bond acceptors (Lipinski definition) is 1. The summed E-state index contributed by atoms with van der Waals surface area (Å²) in [5.41, 5.74) is 1.16. The lowest BCUT2D eigenvalue weighted by Gasteiger charge is -2.09. The quantitative estimate of drug-likeness (QED) is 0.780. The third-order valence-electron chi connectivity index (χ3n) is 2.79. The van der Waals surface area contributed by atoms with Gasteiger partial charge in [0.25, 0.3) is 0 Å². The highest BCUT2D eigenvalue weighted by atomic mass is 79.9. The lowest BCUT2D eigenvalue weighted by molar-refractivity contribution is 0.586. The Kier molecular flexibility index (Phi) is 4.91. The van der Waals surface area contributed by atoms with E-state index in [0.29, 0.717) is 11.0 Å². The predicted molar refractivity (Wildman–Crippen MR) is 77.3 cm³/mol. The van der Waals surface area contributed by atoms with E-state index >= 15 is 0 Å². The van der Waals surface area contributed by atoms with Crippen LogP contribution in [-0.4, -0.2) is 6.54 Å².